The van der Waals surface area contributed by atoms with Crippen LogP contribution in [0.3, 0.4) is 0 Å². The normalized spacial score (nSPS) is 29.5. The number of amides is 2. The second-order valence-corrected chi connectivity index (χ2v) is 19.3. The number of anilines is 1. The van der Waals surface area contributed by atoms with Crippen molar-refractivity contribution in [1.82, 2.24) is 14.2 Å². The average Bonchev–Trinajstić information content (AvgIpc) is 3.50. The van der Waals surface area contributed by atoms with Gasteiger partial charge in [0.05, 0.1) is 42.9 Å². The molecule has 12 nitrogen and oxygen atoms in total. The Morgan fingerprint density at radius 2 is 1.97 bits per heavy atom. The van der Waals surface area contributed by atoms with Gasteiger partial charge in [0.1, 0.15) is 28.0 Å². The van der Waals surface area contributed by atoms with E-state index in [2.05, 4.69) is 56.2 Å². The summed E-state index contributed by atoms with van der Waals surface area (Å²) in [5.74, 6) is 0.411. The lowest BCUT2D eigenvalue weighted by atomic mass is 9.68. The summed E-state index contributed by atoms with van der Waals surface area (Å²) in [6.45, 7) is 10.3. The van der Waals surface area contributed by atoms with Gasteiger partial charge in [0.2, 0.25) is 0 Å². The summed E-state index contributed by atoms with van der Waals surface area (Å²) >= 11 is 0. The first kappa shape index (κ1) is 40.6. The fourth-order valence-corrected chi connectivity index (χ4v) is 11.6. The van der Waals surface area contributed by atoms with Crippen LogP contribution >= 0.6 is 0 Å². The van der Waals surface area contributed by atoms with E-state index in [1.807, 2.05) is 19.1 Å². The number of morpholine rings is 1. The van der Waals surface area contributed by atoms with Crippen LogP contribution in [-0.4, -0.2) is 104 Å². The number of ether oxygens (including phenoxy) is 4. The summed E-state index contributed by atoms with van der Waals surface area (Å²) in [7, 11) is -0.0226. The zero-order chi connectivity index (χ0) is 40.4. The number of nitrogens with one attached hydrogen (secondary N) is 1. The second kappa shape index (κ2) is 17.2. The fourth-order valence-electron chi connectivity index (χ4n) is 9.68. The van der Waals surface area contributed by atoms with Gasteiger partial charge in [-0.3, -0.25) is 19.2 Å². The van der Waals surface area contributed by atoms with Crippen LogP contribution in [0.4, 0.5) is 5.69 Å². The number of benzene rings is 2. The smallest absolute Gasteiger partial charge is 0.286 e. The maximum absolute atomic E-state index is 14.9. The zero-order valence-electron chi connectivity index (χ0n) is 34.5. The van der Waals surface area contributed by atoms with Crippen LogP contribution in [0.25, 0.3) is 0 Å². The SMILES string of the molecule is CO[C@H]1/C=C/C[C@H](C)C[S@@](=O)(NC(=O)c2cn(C)cc2OCCN2CCOCC2)=NC(=O)c2ccc3c(c2)N(C[C@@H]2CC[C@H]21)C[C@@]1(CCCc2cc(C)ccc21)CO3. The minimum Gasteiger partial charge on any atom is -0.490 e. The fraction of sp³-hybridized carbons (Fsp3) is 0.556. The number of rotatable bonds is 7. The van der Waals surface area contributed by atoms with Gasteiger partial charge in [0.15, 0.2) is 0 Å². The second-order valence-electron chi connectivity index (χ2n) is 17.3. The first-order chi connectivity index (χ1) is 28.0. The molecule has 1 saturated carbocycles. The minimum absolute atomic E-state index is 0.0137. The van der Waals surface area contributed by atoms with E-state index in [0.717, 1.165) is 69.7 Å². The maximum atomic E-state index is 14.9. The molecular formula is C45H59N5O7S. The molecule has 0 unspecified atom stereocenters. The largest absolute Gasteiger partial charge is 0.490 e. The van der Waals surface area contributed by atoms with Crippen LogP contribution in [0.5, 0.6) is 11.5 Å². The average molecular weight is 814 g/mol. The number of fused-ring (bicyclic) bond motifs is 4. The highest BCUT2D eigenvalue weighted by atomic mass is 32.2. The van der Waals surface area contributed by atoms with Gasteiger partial charge in [-0.1, -0.05) is 42.8 Å². The molecule has 1 saturated heterocycles. The molecule has 2 fully saturated rings. The van der Waals surface area contributed by atoms with E-state index < -0.39 is 21.7 Å². The topological polar surface area (TPSA) is 124 Å². The third kappa shape index (κ3) is 8.73. The van der Waals surface area contributed by atoms with Crippen LogP contribution in [0, 0.1) is 24.7 Å². The van der Waals surface area contributed by atoms with Crippen molar-refractivity contribution in [1.29, 1.82) is 0 Å². The van der Waals surface area contributed by atoms with Crippen LogP contribution in [-0.2, 0) is 38.3 Å². The van der Waals surface area contributed by atoms with E-state index in [1.165, 1.54) is 16.7 Å². The number of methoxy groups -OCH3 is 1. The number of hydrogen-bond acceptors (Lipinski definition) is 9. The minimum atomic E-state index is -3.61. The number of carbonyl (C=O) groups excluding carboxylic acids is 2. The Morgan fingerprint density at radius 1 is 1.12 bits per heavy atom. The number of hydrogen-bond donors (Lipinski definition) is 1. The Balaban J connectivity index is 1.12. The Kier molecular flexibility index (Phi) is 12.0. The van der Waals surface area contributed by atoms with Crippen molar-refractivity contribution in [2.75, 3.05) is 76.9 Å². The zero-order valence-corrected chi connectivity index (χ0v) is 35.3. The van der Waals surface area contributed by atoms with Crippen molar-refractivity contribution < 1.29 is 32.7 Å². The van der Waals surface area contributed by atoms with Crippen LogP contribution in [0.2, 0.25) is 0 Å². The van der Waals surface area contributed by atoms with Gasteiger partial charge >= 0.3 is 0 Å². The number of carbonyl (C=O) groups is 2. The summed E-state index contributed by atoms with van der Waals surface area (Å²) in [6, 6.07) is 12.3. The van der Waals surface area contributed by atoms with Gasteiger partial charge in [0.25, 0.3) is 11.8 Å². The summed E-state index contributed by atoms with van der Waals surface area (Å²) < 4.78 is 48.1. The van der Waals surface area contributed by atoms with Crippen LogP contribution in [0.15, 0.2) is 65.3 Å². The van der Waals surface area contributed by atoms with Gasteiger partial charge in [-0.25, -0.2) is 4.21 Å². The van der Waals surface area contributed by atoms with Crippen molar-refractivity contribution in [3.63, 3.8) is 0 Å². The Hall–Kier alpha value is -4.17. The molecule has 2 aromatic carbocycles. The van der Waals surface area contributed by atoms with Crippen molar-refractivity contribution >= 4 is 27.4 Å². The predicted molar refractivity (Wildman–Crippen MR) is 225 cm³/mol. The molecule has 3 aliphatic heterocycles. The van der Waals surface area contributed by atoms with Gasteiger partial charge in [-0.15, -0.1) is 4.36 Å². The highest BCUT2D eigenvalue weighted by molar-refractivity contribution is 7.92. The molecule has 2 amide bonds. The molecule has 8 rings (SSSR count). The molecule has 1 N–H and O–H groups in total. The number of aromatic nitrogens is 1. The summed E-state index contributed by atoms with van der Waals surface area (Å²) in [6.07, 6.45) is 13.5. The summed E-state index contributed by atoms with van der Waals surface area (Å²) in [4.78, 5) is 33.0. The van der Waals surface area contributed by atoms with E-state index in [-0.39, 0.29) is 28.8 Å². The molecule has 13 heteroatoms. The Labute approximate surface area is 343 Å². The molecular weight excluding hydrogens is 755 g/mol. The van der Waals surface area contributed by atoms with Crippen molar-refractivity contribution in [2.24, 2.45) is 29.2 Å². The van der Waals surface area contributed by atoms with Gasteiger partial charge in [0, 0.05) is 70.3 Å². The third-order valence-electron chi connectivity index (χ3n) is 12.9. The third-order valence-corrected chi connectivity index (χ3v) is 14.9. The van der Waals surface area contributed by atoms with Gasteiger partial charge in [-0.05, 0) is 92.5 Å². The van der Waals surface area contributed by atoms with Crippen molar-refractivity contribution in [3.05, 3.63) is 88.8 Å². The molecule has 0 radical (unpaired) electrons. The molecule has 6 atom stereocenters. The lowest BCUT2D eigenvalue weighted by molar-refractivity contribution is 0.0131. The molecule has 3 aromatic rings. The predicted octanol–water partition coefficient (Wildman–Crippen LogP) is 6.11. The maximum Gasteiger partial charge on any atom is 0.286 e. The number of nitrogens with zero attached hydrogens (tertiary/aromatic N) is 4. The quantitative estimate of drug-likeness (QED) is 0.282. The van der Waals surface area contributed by atoms with Gasteiger partial charge in [-0.2, -0.15) is 0 Å². The van der Waals surface area contributed by atoms with Crippen LogP contribution in [0.1, 0.15) is 76.4 Å². The van der Waals surface area contributed by atoms with E-state index in [0.29, 0.717) is 62.5 Å². The molecule has 2 aliphatic carbocycles. The molecule has 1 aromatic heterocycles. The van der Waals surface area contributed by atoms with Crippen molar-refractivity contribution in [2.45, 2.75) is 63.9 Å². The van der Waals surface area contributed by atoms with E-state index in [1.54, 1.807) is 37.2 Å². The summed E-state index contributed by atoms with van der Waals surface area (Å²) in [5, 5.41) is 0. The Bertz CT molecular complexity index is 2150. The lowest BCUT2D eigenvalue weighted by Crippen LogP contribution is -2.49. The first-order valence-electron chi connectivity index (χ1n) is 21.0. The molecule has 58 heavy (non-hydrogen) atoms. The monoisotopic (exact) mass is 813 g/mol. The number of allylic oxidation sites excluding steroid dienone is 1. The molecule has 2 bridgehead atoms. The highest BCUT2D eigenvalue weighted by Gasteiger charge is 2.44. The molecule has 312 valence electrons. The van der Waals surface area contributed by atoms with E-state index in [9.17, 15) is 13.8 Å². The molecule has 5 aliphatic rings. The first-order valence-corrected chi connectivity index (χ1v) is 22.7. The van der Waals surface area contributed by atoms with Gasteiger partial charge < -0.3 is 28.4 Å². The lowest BCUT2D eigenvalue weighted by Gasteiger charge is -2.46. The Morgan fingerprint density at radius 3 is 2.76 bits per heavy atom. The standard InChI is InChI=1S/C45H59N5O7S/c1-31-10-14-38-33(23-31)8-6-16-45(38)29-50-25-35-11-13-36(35)40(54-4)9-5-7-32(2)28-58(53,46-43(51)34-12-15-41(57-30-45)39(50)24-34)47-44(52)37-26-48(3)27-42(37)56-22-19-49-17-20-55-21-18-49/h5,9-10,12,14-15,23-24,26-27,32,35-36,40H,6-8,11,13,16-22,25,28-30H2,1-4H3,(H,46,47,51,52,53)/b9-5+/t32-,35-,36+,40-,45-,58-/m0/s1. The van der Waals surface area contributed by atoms with E-state index in [4.69, 9.17) is 18.9 Å². The molecule has 1 spiro atoms. The molecule has 4 heterocycles. The summed E-state index contributed by atoms with van der Waals surface area (Å²) in [5.41, 5.74) is 5.17. The van der Waals surface area contributed by atoms with Crippen LogP contribution < -0.4 is 19.1 Å². The van der Waals surface area contributed by atoms with Crippen molar-refractivity contribution in [3.8, 4) is 11.5 Å². The van der Waals surface area contributed by atoms with E-state index >= 15 is 0 Å². The number of aryl methyl sites for hydroxylation is 3. The highest BCUT2D eigenvalue weighted by Crippen LogP contribution is 2.47.